The van der Waals surface area contributed by atoms with E-state index >= 15 is 0 Å². The fourth-order valence-corrected chi connectivity index (χ4v) is 5.82. The summed E-state index contributed by atoms with van der Waals surface area (Å²) in [6, 6.07) is -0.307. The van der Waals surface area contributed by atoms with Crippen molar-refractivity contribution in [2.45, 2.75) is 59.4 Å². The summed E-state index contributed by atoms with van der Waals surface area (Å²) in [4.78, 5) is 35.3. The first-order chi connectivity index (χ1) is 16.7. The smallest absolute Gasteiger partial charge is 0.323 e. The number of allylic oxidation sites excluding steroid dienone is 2. The number of urea groups is 1. The van der Waals surface area contributed by atoms with Crippen LogP contribution < -0.4 is 10.6 Å². The van der Waals surface area contributed by atoms with Gasteiger partial charge in [0, 0.05) is 24.7 Å². The average molecular weight is 482 g/mol. The molecule has 1 aromatic heterocycles. The SMILES string of the molecule is CC(C)CN(CC(C)C)C1CC=C(C2C(C(=O)O)C2C2CCC2)C=C1NC(=O)Nc1cncnc1. The Morgan fingerprint density at radius 2 is 1.74 bits per heavy atom. The second kappa shape index (κ2) is 10.9. The second-order valence-corrected chi connectivity index (χ2v) is 11.2. The van der Waals surface area contributed by atoms with Crippen molar-refractivity contribution in [1.29, 1.82) is 0 Å². The van der Waals surface area contributed by atoms with Crippen molar-refractivity contribution >= 4 is 17.7 Å². The average Bonchev–Trinajstić information content (AvgIpc) is 3.47. The van der Waals surface area contributed by atoms with E-state index in [-0.39, 0.29) is 29.8 Å². The van der Waals surface area contributed by atoms with Crippen LogP contribution in [-0.4, -0.2) is 51.1 Å². The van der Waals surface area contributed by atoms with Crippen molar-refractivity contribution in [2.75, 3.05) is 18.4 Å². The van der Waals surface area contributed by atoms with Gasteiger partial charge in [0.25, 0.3) is 0 Å². The van der Waals surface area contributed by atoms with Gasteiger partial charge in [0.05, 0.1) is 30.0 Å². The summed E-state index contributed by atoms with van der Waals surface area (Å²) >= 11 is 0. The van der Waals surface area contributed by atoms with Crippen molar-refractivity contribution in [2.24, 2.45) is 35.5 Å². The minimum atomic E-state index is -0.694. The Balaban J connectivity index is 1.57. The number of rotatable bonds is 10. The lowest BCUT2D eigenvalue weighted by molar-refractivity contribution is -0.139. The molecule has 0 aliphatic heterocycles. The Kier molecular flexibility index (Phi) is 7.89. The molecule has 1 heterocycles. The first-order valence-corrected chi connectivity index (χ1v) is 13.0. The van der Waals surface area contributed by atoms with Crippen LogP contribution in [0.25, 0.3) is 0 Å². The zero-order chi connectivity index (χ0) is 25.1. The van der Waals surface area contributed by atoms with Crippen LogP contribution in [-0.2, 0) is 4.79 Å². The lowest BCUT2D eigenvalue weighted by Crippen LogP contribution is -2.46. The van der Waals surface area contributed by atoms with Crippen LogP contribution in [0.15, 0.2) is 42.1 Å². The Labute approximate surface area is 208 Å². The molecule has 2 fully saturated rings. The summed E-state index contributed by atoms with van der Waals surface area (Å²) < 4.78 is 0. The van der Waals surface area contributed by atoms with Gasteiger partial charge in [-0.25, -0.2) is 14.8 Å². The lowest BCUT2D eigenvalue weighted by atomic mass is 9.79. The molecule has 0 spiro atoms. The third kappa shape index (κ3) is 6.10. The van der Waals surface area contributed by atoms with Gasteiger partial charge < -0.3 is 15.7 Å². The van der Waals surface area contributed by atoms with Gasteiger partial charge in [-0.15, -0.1) is 0 Å². The van der Waals surface area contributed by atoms with Crippen LogP contribution in [0.3, 0.4) is 0 Å². The zero-order valence-corrected chi connectivity index (χ0v) is 21.3. The van der Waals surface area contributed by atoms with Gasteiger partial charge >= 0.3 is 12.0 Å². The molecule has 190 valence electrons. The number of carbonyl (C=O) groups excluding carboxylic acids is 1. The normalized spacial score (nSPS) is 26.3. The van der Waals surface area contributed by atoms with E-state index in [9.17, 15) is 14.7 Å². The summed E-state index contributed by atoms with van der Waals surface area (Å²) in [6.07, 6.45) is 13.0. The molecule has 8 heteroatoms. The molecular weight excluding hydrogens is 442 g/mol. The van der Waals surface area contributed by atoms with Crippen molar-refractivity contribution in [3.8, 4) is 0 Å². The van der Waals surface area contributed by atoms with Crippen molar-refractivity contribution in [1.82, 2.24) is 20.2 Å². The fraction of sp³-hybridized carbons (Fsp3) is 0.630. The molecule has 2 saturated carbocycles. The van der Waals surface area contributed by atoms with Gasteiger partial charge in [-0.1, -0.05) is 53.0 Å². The number of hydrogen-bond acceptors (Lipinski definition) is 5. The maximum atomic E-state index is 12.9. The number of carbonyl (C=O) groups is 2. The molecule has 4 unspecified atom stereocenters. The van der Waals surface area contributed by atoms with E-state index in [1.54, 1.807) is 12.4 Å². The summed E-state index contributed by atoms with van der Waals surface area (Å²) in [5.41, 5.74) is 2.42. The van der Waals surface area contributed by atoms with Crippen molar-refractivity contribution in [3.05, 3.63) is 42.1 Å². The van der Waals surface area contributed by atoms with E-state index < -0.39 is 5.97 Å². The highest BCUT2D eigenvalue weighted by atomic mass is 16.4. The predicted octanol–water partition coefficient (Wildman–Crippen LogP) is 4.54. The molecule has 8 nitrogen and oxygen atoms in total. The van der Waals surface area contributed by atoms with E-state index in [0.717, 1.165) is 43.6 Å². The topological polar surface area (TPSA) is 107 Å². The Morgan fingerprint density at radius 1 is 1.09 bits per heavy atom. The summed E-state index contributed by atoms with van der Waals surface area (Å²) in [5, 5.41) is 15.8. The third-order valence-corrected chi connectivity index (χ3v) is 7.41. The van der Waals surface area contributed by atoms with Crippen molar-refractivity contribution < 1.29 is 14.7 Å². The second-order valence-electron chi connectivity index (χ2n) is 11.2. The molecular formula is C27H39N5O3. The fourth-order valence-electron chi connectivity index (χ4n) is 5.82. The highest BCUT2D eigenvalue weighted by Crippen LogP contribution is 2.60. The number of nitrogens with zero attached hydrogens (tertiary/aromatic N) is 3. The van der Waals surface area contributed by atoms with Gasteiger partial charge in [-0.2, -0.15) is 0 Å². The van der Waals surface area contributed by atoms with Gasteiger partial charge in [0.2, 0.25) is 0 Å². The van der Waals surface area contributed by atoms with Gasteiger partial charge in [-0.05, 0) is 41.7 Å². The maximum absolute atomic E-state index is 12.9. The minimum absolute atomic E-state index is 0.0329. The van der Waals surface area contributed by atoms with Crippen molar-refractivity contribution in [3.63, 3.8) is 0 Å². The molecule has 4 atom stereocenters. The van der Waals surface area contributed by atoms with Crippen LogP contribution in [0, 0.1) is 35.5 Å². The van der Waals surface area contributed by atoms with E-state index in [4.69, 9.17) is 0 Å². The van der Waals surface area contributed by atoms with Crippen LogP contribution in [0.1, 0.15) is 53.4 Å². The first-order valence-electron chi connectivity index (χ1n) is 13.0. The van der Waals surface area contributed by atoms with Gasteiger partial charge in [0.15, 0.2) is 0 Å². The summed E-state index contributed by atoms with van der Waals surface area (Å²) in [5.74, 6) is 0.754. The Morgan fingerprint density at radius 3 is 2.29 bits per heavy atom. The number of aromatic nitrogens is 2. The number of aliphatic carboxylic acids is 1. The molecule has 3 N–H and O–H groups in total. The summed E-state index contributed by atoms with van der Waals surface area (Å²) in [6.45, 7) is 10.7. The van der Waals surface area contributed by atoms with Crippen LogP contribution >= 0.6 is 0 Å². The molecule has 4 rings (SSSR count). The first kappa shape index (κ1) is 25.4. The molecule has 35 heavy (non-hydrogen) atoms. The quantitative estimate of drug-likeness (QED) is 0.453. The van der Waals surface area contributed by atoms with Crippen LogP contribution in [0.2, 0.25) is 0 Å². The predicted molar refractivity (Wildman–Crippen MR) is 135 cm³/mol. The molecule has 2 amide bonds. The highest BCUT2D eigenvalue weighted by Gasteiger charge is 2.60. The number of amides is 2. The number of hydrogen-bond donors (Lipinski definition) is 3. The van der Waals surface area contributed by atoms with E-state index in [1.807, 2.05) is 0 Å². The third-order valence-electron chi connectivity index (χ3n) is 7.41. The number of anilines is 1. The number of nitrogens with one attached hydrogen (secondary N) is 2. The van der Waals surface area contributed by atoms with E-state index in [0.29, 0.717) is 23.4 Å². The number of carboxylic acid groups (broad SMARTS) is 1. The number of carboxylic acids is 1. The highest BCUT2D eigenvalue weighted by molar-refractivity contribution is 5.90. The maximum Gasteiger partial charge on any atom is 0.323 e. The monoisotopic (exact) mass is 481 g/mol. The minimum Gasteiger partial charge on any atom is -0.481 e. The lowest BCUT2D eigenvalue weighted by Gasteiger charge is -2.37. The molecule has 3 aliphatic carbocycles. The standard InChI is InChI=1S/C27H39N5O3/c1-16(2)13-32(14-17(3)4)22-9-8-19(24-23(18-6-5-7-18)25(24)26(33)34)10-21(22)31-27(35)30-20-11-28-15-29-12-20/h8,10-12,15-18,22-25H,5-7,9,13-14H2,1-4H3,(H,33,34)(H2,30,31,35). The molecule has 3 aliphatic rings. The van der Waals surface area contributed by atoms with Crippen LogP contribution in [0.4, 0.5) is 10.5 Å². The van der Waals surface area contributed by atoms with Gasteiger partial charge in [-0.3, -0.25) is 9.69 Å². The Bertz CT molecular complexity index is 960. The van der Waals surface area contributed by atoms with E-state index in [1.165, 1.54) is 12.7 Å². The largest absolute Gasteiger partial charge is 0.481 e. The molecule has 1 aromatic rings. The Hall–Kier alpha value is -2.74. The van der Waals surface area contributed by atoms with Crippen LogP contribution in [0.5, 0.6) is 0 Å². The summed E-state index contributed by atoms with van der Waals surface area (Å²) in [7, 11) is 0. The molecule has 0 bridgehead atoms. The molecule has 0 radical (unpaired) electrons. The van der Waals surface area contributed by atoms with Gasteiger partial charge in [0.1, 0.15) is 6.33 Å². The zero-order valence-electron chi connectivity index (χ0n) is 21.3. The molecule has 0 aromatic carbocycles. The van der Waals surface area contributed by atoms with E-state index in [2.05, 4.69) is 65.3 Å². The molecule has 0 saturated heterocycles.